The van der Waals surface area contributed by atoms with Crippen molar-refractivity contribution in [3.63, 3.8) is 0 Å². The number of carbonyl (C=O) groups is 1. The molecule has 1 unspecified atom stereocenters. The van der Waals surface area contributed by atoms with Crippen LogP contribution in [-0.2, 0) is 9.53 Å². The normalized spacial score (nSPS) is 23.6. The van der Waals surface area contributed by atoms with Crippen LogP contribution in [0.5, 0.6) is 0 Å². The zero-order chi connectivity index (χ0) is 12.8. The molecule has 1 aliphatic heterocycles. The largest absolute Gasteiger partial charge is 0.465 e. The Morgan fingerprint density at radius 3 is 2.83 bits per heavy atom. The first-order chi connectivity index (χ1) is 8.79. The molecular formula is C14H26N2O2. The average Bonchev–Trinajstić information content (AvgIpc) is 3.08. The molecule has 0 bridgehead atoms. The molecule has 0 radical (unpaired) electrons. The lowest BCUT2D eigenvalue weighted by Crippen LogP contribution is -2.41. The Hall–Kier alpha value is -0.610. The first-order valence-electron chi connectivity index (χ1n) is 7.42. The summed E-state index contributed by atoms with van der Waals surface area (Å²) in [6, 6.07) is 1.21. The predicted molar refractivity (Wildman–Crippen MR) is 71.5 cm³/mol. The quantitative estimate of drug-likeness (QED) is 0.527. The molecule has 18 heavy (non-hydrogen) atoms. The molecule has 2 fully saturated rings. The van der Waals surface area contributed by atoms with Crippen molar-refractivity contribution >= 4 is 5.97 Å². The third-order valence-electron chi connectivity index (χ3n) is 3.77. The second kappa shape index (κ2) is 7.10. The Morgan fingerprint density at radius 1 is 1.39 bits per heavy atom. The minimum atomic E-state index is -0.0478. The van der Waals surface area contributed by atoms with Crippen LogP contribution in [-0.4, -0.2) is 49.2 Å². The van der Waals surface area contributed by atoms with E-state index in [0.717, 1.165) is 25.9 Å². The van der Waals surface area contributed by atoms with E-state index in [1.807, 2.05) is 0 Å². The van der Waals surface area contributed by atoms with E-state index in [2.05, 4.69) is 17.1 Å². The standard InChI is InChI=1S/C14H26N2O2/c1-2-3-9-18-14(17)11-16(13-6-7-13)10-12-5-4-8-15-12/h12-13,15H,2-11H2,1H3. The van der Waals surface area contributed by atoms with Crippen LogP contribution in [0.2, 0.25) is 0 Å². The summed E-state index contributed by atoms with van der Waals surface area (Å²) in [6.45, 7) is 5.30. The van der Waals surface area contributed by atoms with Gasteiger partial charge in [-0.2, -0.15) is 0 Å². The number of ether oxygens (including phenoxy) is 1. The number of nitrogens with one attached hydrogen (secondary N) is 1. The lowest BCUT2D eigenvalue weighted by molar-refractivity contribution is -0.145. The third kappa shape index (κ3) is 4.58. The predicted octanol–water partition coefficient (Wildman–Crippen LogP) is 1.55. The second-order valence-electron chi connectivity index (χ2n) is 5.53. The summed E-state index contributed by atoms with van der Waals surface area (Å²) < 4.78 is 5.25. The summed E-state index contributed by atoms with van der Waals surface area (Å²) in [5.74, 6) is -0.0478. The van der Waals surface area contributed by atoms with Gasteiger partial charge in [0.2, 0.25) is 0 Å². The van der Waals surface area contributed by atoms with E-state index in [-0.39, 0.29) is 5.97 Å². The van der Waals surface area contributed by atoms with Crippen LogP contribution < -0.4 is 5.32 Å². The zero-order valence-electron chi connectivity index (χ0n) is 11.5. The maximum atomic E-state index is 11.7. The summed E-state index contributed by atoms with van der Waals surface area (Å²) in [5.41, 5.74) is 0. The highest BCUT2D eigenvalue weighted by molar-refractivity contribution is 5.71. The molecule has 4 heteroatoms. The highest BCUT2D eigenvalue weighted by Gasteiger charge is 2.32. The second-order valence-corrected chi connectivity index (χ2v) is 5.53. The minimum Gasteiger partial charge on any atom is -0.465 e. The maximum Gasteiger partial charge on any atom is 0.320 e. The van der Waals surface area contributed by atoms with E-state index >= 15 is 0 Å². The van der Waals surface area contributed by atoms with Gasteiger partial charge in [0.15, 0.2) is 0 Å². The van der Waals surface area contributed by atoms with Crippen LogP contribution in [0.4, 0.5) is 0 Å². The number of hydrogen-bond donors (Lipinski definition) is 1. The SMILES string of the molecule is CCCCOC(=O)CN(CC1CCCN1)C1CC1. The molecule has 2 rings (SSSR count). The fraction of sp³-hybridized carbons (Fsp3) is 0.929. The van der Waals surface area contributed by atoms with E-state index < -0.39 is 0 Å². The first-order valence-corrected chi connectivity index (χ1v) is 7.42. The van der Waals surface area contributed by atoms with Gasteiger partial charge in [-0.1, -0.05) is 13.3 Å². The van der Waals surface area contributed by atoms with E-state index in [1.54, 1.807) is 0 Å². The van der Waals surface area contributed by atoms with Gasteiger partial charge in [-0.15, -0.1) is 0 Å². The molecular weight excluding hydrogens is 228 g/mol. The van der Waals surface area contributed by atoms with Gasteiger partial charge in [-0.25, -0.2) is 0 Å². The minimum absolute atomic E-state index is 0.0478. The number of esters is 1. The molecule has 0 amide bonds. The summed E-state index contributed by atoms with van der Waals surface area (Å²) in [6.07, 6.45) is 7.05. The molecule has 1 aliphatic carbocycles. The first kappa shape index (κ1) is 13.8. The summed E-state index contributed by atoms with van der Waals surface area (Å²) in [4.78, 5) is 14.1. The summed E-state index contributed by atoms with van der Waals surface area (Å²) in [7, 11) is 0. The number of hydrogen-bond acceptors (Lipinski definition) is 4. The lowest BCUT2D eigenvalue weighted by Gasteiger charge is -2.24. The number of rotatable bonds is 8. The molecule has 104 valence electrons. The van der Waals surface area contributed by atoms with Crippen LogP contribution in [0.3, 0.4) is 0 Å². The molecule has 0 spiro atoms. The Morgan fingerprint density at radius 2 is 2.22 bits per heavy atom. The van der Waals surface area contributed by atoms with Gasteiger partial charge in [0.05, 0.1) is 13.2 Å². The monoisotopic (exact) mass is 254 g/mol. The van der Waals surface area contributed by atoms with Crippen molar-refractivity contribution < 1.29 is 9.53 Å². The highest BCUT2D eigenvalue weighted by Crippen LogP contribution is 2.27. The van der Waals surface area contributed by atoms with E-state index in [1.165, 1.54) is 25.7 Å². The molecule has 1 saturated heterocycles. The van der Waals surface area contributed by atoms with Gasteiger partial charge >= 0.3 is 5.97 Å². The molecule has 2 aliphatic rings. The van der Waals surface area contributed by atoms with Crippen molar-refractivity contribution in [2.24, 2.45) is 0 Å². The molecule has 4 nitrogen and oxygen atoms in total. The van der Waals surface area contributed by atoms with Gasteiger partial charge in [0.25, 0.3) is 0 Å². The number of unbranched alkanes of at least 4 members (excludes halogenated alkanes) is 1. The topological polar surface area (TPSA) is 41.6 Å². The summed E-state index contributed by atoms with van der Waals surface area (Å²) in [5, 5.41) is 3.50. The molecule has 1 saturated carbocycles. The van der Waals surface area contributed by atoms with E-state index in [0.29, 0.717) is 25.2 Å². The summed E-state index contributed by atoms with van der Waals surface area (Å²) >= 11 is 0. The molecule has 0 aromatic rings. The maximum absolute atomic E-state index is 11.7. The fourth-order valence-electron chi connectivity index (χ4n) is 2.52. The van der Waals surface area contributed by atoms with Crippen molar-refractivity contribution in [3.8, 4) is 0 Å². The molecule has 0 aromatic heterocycles. The van der Waals surface area contributed by atoms with Gasteiger partial charge in [-0.05, 0) is 38.6 Å². The lowest BCUT2D eigenvalue weighted by atomic mass is 10.2. The van der Waals surface area contributed by atoms with Crippen LogP contribution >= 0.6 is 0 Å². The van der Waals surface area contributed by atoms with Gasteiger partial charge in [0.1, 0.15) is 0 Å². The van der Waals surface area contributed by atoms with Crippen LogP contribution in [0.1, 0.15) is 45.4 Å². The van der Waals surface area contributed by atoms with Crippen LogP contribution in [0.25, 0.3) is 0 Å². The average molecular weight is 254 g/mol. The zero-order valence-corrected chi connectivity index (χ0v) is 11.5. The fourth-order valence-corrected chi connectivity index (χ4v) is 2.52. The molecule has 0 aromatic carbocycles. The Kier molecular flexibility index (Phi) is 5.45. The molecule has 1 N–H and O–H groups in total. The number of nitrogens with zero attached hydrogens (tertiary/aromatic N) is 1. The Balaban J connectivity index is 1.69. The third-order valence-corrected chi connectivity index (χ3v) is 3.77. The van der Waals surface area contributed by atoms with Crippen molar-refractivity contribution in [1.29, 1.82) is 0 Å². The van der Waals surface area contributed by atoms with Crippen molar-refractivity contribution in [1.82, 2.24) is 10.2 Å². The molecule has 1 heterocycles. The van der Waals surface area contributed by atoms with Crippen molar-refractivity contribution in [2.45, 2.75) is 57.5 Å². The Bertz CT molecular complexity index is 261. The molecule has 1 atom stereocenters. The number of carbonyl (C=O) groups excluding carboxylic acids is 1. The highest BCUT2D eigenvalue weighted by atomic mass is 16.5. The smallest absolute Gasteiger partial charge is 0.320 e. The van der Waals surface area contributed by atoms with Gasteiger partial charge in [-0.3, -0.25) is 9.69 Å². The van der Waals surface area contributed by atoms with Gasteiger partial charge in [0, 0.05) is 18.6 Å². The van der Waals surface area contributed by atoms with E-state index in [9.17, 15) is 4.79 Å². The Labute approximate surface area is 110 Å². The van der Waals surface area contributed by atoms with Crippen LogP contribution in [0.15, 0.2) is 0 Å². The van der Waals surface area contributed by atoms with Gasteiger partial charge < -0.3 is 10.1 Å². The van der Waals surface area contributed by atoms with Crippen LogP contribution in [0, 0.1) is 0 Å². The van der Waals surface area contributed by atoms with Crippen molar-refractivity contribution in [2.75, 3.05) is 26.2 Å². The van der Waals surface area contributed by atoms with Crippen molar-refractivity contribution in [3.05, 3.63) is 0 Å². The van der Waals surface area contributed by atoms with E-state index in [4.69, 9.17) is 4.74 Å².